The van der Waals surface area contributed by atoms with E-state index < -0.39 is 21.9 Å². The smallest absolute Gasteiger partial charge is 0.364 e. The maximum Gasteiger partial charge on any atom is 0.364 e. The Morgan fingerprint density at radius 3 is 2.57 bits per heavy atom. The Kier molecular flexibility index (Phi) is 6.50. The van der Waals surface area contributed by atoms with Crippen molar-refractivity contribution < 1.29 is 23.2 Å². The van der Waals surface area contributed by atoms with Crippen LogP contribution in [0.1, 0.15) is 21.9 Å². The number of hydrogen-bond acceptors (Lipinski definition) is 6. The molecular formula is C21H12Cl3F2N5O4. The summed E-state index contributed by atoms with van der Waals surface area (Å²) in [6.45, 7) is 1.48. The number of fused-ring (bicyclic) bond motifs is 1. The van der Waals surface area contributed by atoms with Crippen LogP contribution in [0.5, 0.6) is 11.5 Å². The van der Waals surface area contributed by atoms with Crippen LogP contribution in [0.15, 0.2) is 48.5 Å². The molecule has 0 aliphatic heterocycles. The zero-order valence-electron chi connectivity index (χ0n) is 17.4. The summed E-state index contributed by atoms with van der Waals surface area (Å²) >= 11 is 17.1. The van der Waals surface area contributed by atoms with Crippen molar-refractivity contribution in [3.8, 4) is 11.5 Å². The second-order valence-corrected chi connectivity index (χ2v) is 8.50. The summed E-state index contributed by atoms with van der Waals surface area (Å²) in [7, 11) is 0. The van der Waals surface area contributed by atoms with E-state index in [1.165, 1.54) is 37.3 Å². The first-order valence-corrected chi connectivity index (χ1v) is 10.7. The largest absolute Gasteiger partial charge is 0.455 e. The van der Waals surface area contributed by atoms with Gasteiger partial charge < -0.3 is 10.1 Å². The summed E-state index contributed by atoms with van der Waals surface area (Å²) in [5, 5.41) is 14.5. The molecule has 4 rings (SSSR count). The van der Waals surface area contributed by atoms with Crippen LogP contribution in [-0.4, -0.2) is 25.4 Å². The summed E-state index contributed by atoms with van der Waals surface area (Å²) in [6.07, 6.45) is 0. The van der Waals surface area contributed by atoms with E-state index in [1.54, 1.807) is 0 Å². The van der Waals surface area contributed by atoms with Crippen molar-refractivity contribution in [2.24, 2.45) is 0 Å². The number of carbonyl (C=O) groups is 1. The van der Waals surface area contributed by atoms with E-state index in [4.69, 9.17) is 39.5 Å². The first-order valence-electron chi connectivity index (χ1n) is 9.59. The number of carbonyl (C=O) groups excluding carboxylic acids is 1. The standard InChI is InChI=1S/C21H12Cl3F2N5O4/c1-10-4-18(21(24,25)26)30-19(27-10)9-16(29-30)20(32)28-12-6-13(31(33)34)8-14(7-12)35-17-3-2-11(22)5-15(17)23/h2-9H,1H3,(H,28,32). The first-order chi connectivity index (χ1) is 16.4. The van der Waals surface area contributed by atoms with E-state index in [2.05, 4.69) is 15.4 Å². The lowest BCUT2D eigenvalue weighted by Crippen LogP contribution is -2.15. The van der Waals surface area contributed by atoms with Crippen molar-refractivity contribution in [3.05, 3.63) is 85.8 Å². The number of amides is 1. The van der Waals surface area contributed by atoms with E-state index in [0.717, 1.165) is 22.7 Å². The Labute approximate surface area is 210 Å². The molecule has 0 aliphatic rings. The van der Waals surface area contributed by atoms with Crippen molar-refractivity contribution in [2.45, 2.75) is 12.3 Å². The number of ether oxygens (including phenoxy) is 1. The van der Waals surface area contributed by atoms with Gasteiger partial charge in [0.15, 0.2) is 11.3 Å². The molecule has 0 unspecified atom stereocenters. The van der Waals surface area contributed by atoms with Crippen molar-refractivity contribution in [1.82, 2.24) is 14.6 Å². The van der Waals surface area contributed by atoms with E-state index in [-0.39, 0.29) is 44.9 Å². The number of hydrogen-bond donors (Lipinski definition) is 1. The molecule has 0 bridgehead atoms. The minimum Gasteiger partial charge on any atom is -0.455 e. The molecule has 0 saturated carbocycles. The number of non-ortho nitro benzene ring substituents is 1. The van der Waals surface area contributed by atoms with Crippen LogP contribution < -0.4 is 10.1 Å². The molecule has 1 N–H and O–H groups in total. The molecule has 0 aliphatic carbocycles. The van der Waals surface area contributed by atoms with Crippen LogP contribution in [0.3, 0.4) is 0 Å². The number of benzene rings is 2. The Bertz CT molecular complexity index is 1490. The predicted molar refractivity (Wildman–Crippen MR) is 125 cm³/mol. The second-order valence-electron chi connectivity index (χ2n) is 7.18. The number of aryl methyl sites for hydroxylation is 1. The number of anilines is 1. The predicted octanol–water partition coefficient (Wildman–Crippen LogP) is 6.59. The molecule has 0 atom stereocenters. The molecule has 0 radical (unpaired) electrons. The van der Waals surface area contributed by atoms with Gasteiger partial charge in [-0.1, -0.05) is 23.2 Å². The van der Waals surface area contributed by atoms with Gasteiger partial charge in [-0.05, 0) is 42.8 Å². The van der Waals surface area contributed by atoms with Crippen molar-refractivity contribution in [1.29, 1.82) is 0 Å². The van der Waals surface area contributed by atoms with Gasteiger partial charge in [0.2, 0.25) is 0 Å². The highest BCUT2D eigenvalue weighted by Gasteiger charge is 2.32. The third kappa shape index (κ3) is 5.42. The third-order valence-corrected chi connectivity index (χ3v) is 5.28. The molecule has 0 spiro atoms. The fourth-order valence-corrected chi connectivity index (χ4v) is 3.69. The van der Waals surface area contributed by atoms with Crippen molar-refractivity contribution in [2.75, 3.05) is 5.32 Å². The van der Waals surface area contributed by atoms with Crippen molar-refractivity contribution in [3.63, 3.8) is 0 Å². The fraction of sp³-hybridized carbons (Fsp3) is 0.0952. The average Bonchev–Trinajstić information content (AvgIpc) is 3.18. The van der Waals surface area contributed by atoms with Crippen LogP contribution in [0.2, 0.25) is 10.0 Å². The number of nitrogens with zero attached hydrogens (tertiary/aromatic N) is 4. The highest BCUT2D eigenvalue weighted by molar-refractivity contribution is 6.35. The van der Waals surface area contributed by atoms with Gasteiger partial charge >= 0.3 is 5.38 Å². The topological polar surface area (TPSA) is 112 Å². The third-order valence-electron chi connectivity index (χ3n) is 4.56. The van der Waals surface area contributed by atoms with E-state index in [1.807, 2.05) is 0 Å². The zero-order valence-corrected chi connectivity index (χ0v) is 19.7. The molecule has 2 heterocycles. The quantitative estimate of drug-likeness (QED) is 0.167. The molecule has 1 amide bonds. The lowest BCUT2D eigenvalue weighted by molar-refractivity contribution is -0.384. The molecule has 35 heavy (non-hydrogen) atoms. The van der Waals surface area contributed by atoms with Gasteiger partial charge in [0.1, 0.15) is 17.2 Å². The van der Waals surface area contributed by atoms with Gasteiger partial charge in [-0.15, -0.1) is 0 Å². The van der Waals surface area contributed by atoms with Crippen LogP contribution in [-0.2, 0) is 5.38 Å². The molecule has 9 nitrogen and oxygen atoms in total. The number of rotatable bonds is 6. The van der Waals surface area contributed by atoms with Gasteiger partial charge in [0.05, 0.1) is 21.7 Å². The number of nitro benzene ring substituents is 1. The summed E-state index contributed by atoms with van der Waals surface area (Å²) < 4.78 is 34.0. The zero-order chi connectivity index (χ0) is 25.5. The fourth-order valence-electron chi connectivity index (χ4n) is 3.11. The molecule has 2 aromatic carbocycles. The molecule has 180 valence electrons. The van der Waals surface area contributed by atoms with Crippen LogP contribution in [0, 0.1) is 17.0 Å². The van der Waals surface area contributed by atoms with Crippen LogP contribution in [0.4, 0.5) is 20.2 Å². The second kappa shape index (κ2) is 9.25. The number of alkyl halides is 3. The maximum atomic E-state index is 13.8. The number of nitro groups is 1. The molecule has 0 fully saturated rings. The SMILES string of the molecule is Cc1cc(C(F)(F)Cl)n2nc(C(=O)Nc3cc(Oc4ccc(Cl)cc4Cl)cc([N+](=O)[O-])c3)cc2n1. The Morgan fingerprint density at radius 1 is 1.17 bits per heavy atom. The van der Waals surface area contributed by atoms with Crippen LogP contribution in [0.25, 0.3) is 5.65 Å². The Morgan fingerprint density at radius 2 is 1.91 bits per heavy atom. The van der Waals surface area contributed by atoms with Gasteiger partial charge in [-0.2, -0.15) is 13.9 Å². The minimum atomic E-state index is -3.76. The lowest BCUT2D eigenvalue weighted by Gasteiger charge is -2.11. The van der Waals surface area contributed by atoms with E-state index >= 15 is 0 Å². The summed E-state index contributed by atoms with van der Waals surface area (Å²) in [4.78, 5) is 27.6. The molecule has 0 saturated heterocycles. The summed E-state index contributed by atoms with van der Waals surface area (Å²) in [5.41, 5.74) is -1.16. The number of nitrogens with one attached hydrogen (secondary N) is 1. The number of halogens is 5. The molecule has 4 aromatic rings. The first kappa shape index (κ1) is 24.6. The highest BCUT2D eigenvalue weighted by atomic mass is 35.5. The monoisotopic (exact) mass is 541 g/mol. The van der Waals surface area contributed by atoms with Crippen LogP contribution >= 0.6 is 34.8 Å². The minimum absolute atomic E-state index is 0.00455. The average molecular weight is 543 g/mol. The van der Waals surface area contributed by atoms with Gasteiger partial charge in [0, 0.05) is 28.9 Å². The number of aromatic nitrogens is 3. The van der Waals surface area contributed by atoms with E-state index in [0.29, 0.717) is 5.02 Å². The Balaban J connectivity index is 1.67. The summed E-state index contributed by atoms with van der Waals surface area (Å²) in [6, 6.07) is 10.2. The normalized spacial score (nSPS) is 11.5. The summed E-state index contributed by atoms with van der Waals surface area (Å²) in [5.74, 6) is -0.673. The van der Waals surface area contributed by atoms with Gasteiger partial charge in [-0.25, -0.2) is 9.50 Å². The molecular weight excluding hydrogens is 531 g/mol. The molecule has 2 aromatic heterocycles. The van der Waals surface area contributed by atoms with Gasteiger partial charge in [-0.3, -0.25) is 14.9 Å². The Hall–Kier alpha value is -3.54. The highest BCUT2D eigenvalue weighted by Crippen LogP contribution is 2.35. The van der Waals surface area contributed by atoms with Gasteiger partial charge in [0.25, 0.3) is 11.6 Å². The van der Waals surface area contributed by atoms with E-state index in [9.17, 15) is 23.7 Å². The molecule has 14 heteroatoms. The van der Waals surface area contributed by atoms with Crippen molar-refractivity contribution >= 4 is 57.7 Å². The lowest BCUT2D eigenvalue weighted by atomic mass is 10.2. The maximum absolute atomic E-state index is 13.8.